The molecule has 5 aromatic rings. The van der Waals surface area contributed by atoms with Gasteiger partial charge in [0.05, 0.1) is 77.3 Å². The molecule has 1 saturated carbocycles. The number of aromatic amines is 2. The van der Waals surface area contributed by atoms with Gasteiger partial charge >= 0.3 is 12.2 Å². The van der Waals surface area contributed by atoms with Crippen LogP contribution in [0.3, 0.4) is 0 Å². The SMILES string of the molecule is COC(=O)NC(C(=O)N1CCCC1c1ncc(C2=CC3=C(c4cc5cc(-c6cnc(C7CCCN7C(=O)C(NC(=O)OC)C7CCOC(C)(C)C7)[nH]6)ccc5n4C(c4ccc(C5CC5)s4)O3)C(F)C2)[nH]1)C(C)C. The summed E-state index contributed by atoms with van der Waals surface area (Å²) < 4.78 is 42.0. The minimum atomic E-state index is -1.40. The van der Waals surface area contributed by atoms with Crippen LogP contribution >= 0.6 is 11.3 Å². The number of ether oxygens (including phenoxy) is 4. The Morgan fingerprint density at radius 3 is 2.21 bits per heavy atom. The number of fused-ring (bicyclic) bond motifs is 4. The van der Waals surface area contributed by atoms with Crippen molar-refractivity contribution in [2.45, 2.75) is 134 Å². The number of alkyl carbamates (subject to hydrolysis) is 2. The number of imidazole rings is 2. The molecular weight excluding hydrogens is 954 g/mol. The maximum absolute atomic E-state index is 17.1. The second-order valence-electron chi connectivity index (χ2n) is 21.4. The number of aromatic nitrogens is 5. The van der Waals surface area contributed by atoms with Crippen molar-refractivity contribution in [3.05, 3.63) is 93.4 Å². The lowest BCUT2D eigenvalue weighted by molar-refractivity contribution is -0.139. The molecule has 7 unspecified atom stereocenters. The van der Waals surface area contributed by atoms with Gasteiger partial charge in [-0.1, -0.05) is 19.9 Å². The van der Waals surface area contributed by atoms with Crippen molar-refractivity contribution in [1.29, 1.82) is 0 Å². The van der Waals surface area contributed by atoms with Crippen LogP contribution < -0.4 is 10.6 Å². The van der Waals surface area contributed by atoms with Crippen LogP contribution in [-0.2, 0) is 28.5 Å². The first kappa shape index (κ1) is 48.8. The number of nitrogens with zero attached hydrogens (tertiary/aromatic N) is 5. The fourth-order valence-corrected chi connectivity index (χ4v) is 13.0. The normalized spacial score (nSPS) is 24.4. The number of hydrogen-bond donors (Lipinski definition) is 4. The number of hydrogen-bond acceptors (Lipinski definition) is 11. The highest BCUT2D eigenvalue weighted by molar-refractivity contribution is 7.12. The summed E-state index contributed by atoms with van der Waals surface area (Å²) in [5.74, 6) is 1.66. The number of carbonyl (C=O) groups is 4. The van der Waals surface area contributed by atoms with Gasteiger partial charge in [0, 0.05) is 41.9 Å². The van der Waals surface area contributed by atoms with E-state index in [9.17, 15) is 19.2 Å². The van der Waals surface area contributed by atoms with Crippen LogP contribution in [0.5, 0.6) is 0 Å². The molecule has 0 spiro atoms. The predicted molar refractivity (Wildman–Crippen MR) is 272 cm³/mol. The van der Waals surface area contributed by atoms with Crippen molar-refractivity contribution in [1.82, 2.24) is 44.9 Å². The molecule has 11 rings (SSSR count). The number of H-pyrrole nitrogens is 2. The van der Waals surface area contributed by atoms with Crippen molar-refractivity contribution >= 4 is 57.4 Å². The zero-order chi connectivity index (χ0) is 50.9. The zero-order valence-electron chi connectivity index (χ0n) is 42.2. The average molecular weight is 1020 g/mol. The second-order valence-corrected chi connectivity index (χ2v) is 22.5. The highest BCUT2D eigenvalue weighted by Gasteiger charge is 2.44. The Morgan fingerprint density at radius 1 is 0.849 bits per heavy atom. The van der Waals surface area contributed by atoms with Gasteiger partial charge in [0.25, 0.3) is 0 Å². The van der Waals surface area contributed by atoms with Crippen LogP contribution in [0.15, 0.2) is 60.6 Å². The first-order valence-electron chi connectivity index (χ1n) is 25.7. The van der Waals surface area contributed by atoms with Crippen LogP contribution in [0, 0.1) is 11.8 Å². The molecule has 7 atom stereocenters. The van der Waals surface area contributed by atoms with Crippen LogP contribution in [0.4, 0.5) is 14.0 Å². The third-order valence-corrected chi connectivity index (χ3v) is 16.9. The topological polar surface area (TPSA) is 198 Å². The fraction of sp³-hybridized carbons (Fsp3) is 0.519. The molecule has 2 aliphatic carbocycles. The molecule has 3 saturated heterocycles. The summed E-state index contributed by atoms with van der Waals surface area (Å²) in [6.07, 6.45) is 8.86. The van der Waals surface area contributed by atoms with E-state index in [-0.39, 0.29) is 42.2 Å². The van der Waals surface area contributed by atoms with Gasteiger partial charge in [-0.25, -0.2) is 23.9 Å². The lowest BCUT2D eigenvalue weighted by Gasteiger charge is -2.40. The van der Waals surface area contributed by atoms with Crippen molar-refractivity contribution in [2.75, 3.05) is 33.9 Å². The molecule has 17 nitrogen and oxygen atoms in total. The number of nitrogens with one attached hydrogen (secondary N) is 4. The molecule has 19 heteroatoms. The molecule has 0 bridgehead atoms. The predicted octanol–water partition coefficient (Wildman–Crippen LogP) is 9.44. The van der Waals surface area contributed by atoms with E-state index in [1.54, 1.807) is 28.6 Å². The summed E-state index contributed by atoms with van der Waals surface area (Å²) in [5.41, 5.74) is 4.76. The highest BCUT2D eigenvalue weighted by Crippen LogP contribution is 2.50. The lowest BCUT2D eigenvalue weighted by atomic mass is 9.82. The summed E-state index contributed by atoms with van der Waals surface area (Å²) in [6, 6.07) is 10.4. The van der Waals surface area contributed by atoms with Gasteiger partial charge in [-0.15, -0.1) is 11.3 Å². The van der Waals surface area contributed by atoms with Gasteiger partial charge < -0.3 is 49.3 Å². The summed E-state index contributed by atoms with van der Waals surface area (Å²) in [4.78, 5) is 75.6. The van der Waals surface area contributed by atoms with Crippen LogP contribution in [0.25, 0.3) is 33.3 Å². The van der Waals surface area contributed by atoms with Crippen LogP contribution in [0.2, 0.25) is 0 Å². The van der Waals surface area contributed by atoms with Gasteiger partial charge in [0.1, 0.15) is 35.7 Å². The molecule has 4 aromatic heterocycles. The molecule has 8 heterocycles. The summed E-state index contributed by atoms with van der Waals surface area (Å²) in [6.45, 7) is 9.33. The van der Waals surface area contributed by atoms with Crippen molar-refractivity contribution in [2.24, 2.45) is 11.8 Å². The molecule has 6 aliphatic rings. The van der Waals surface area contributed by atoms with Gasteiger partial charge in [-0.05, 0) is 125 Å². The third kappa shape index (κ3) is 9.31. The van der Waals surface area contributed by atoms with E-state index in [4.69, 9.17) is 28.9 Å². The number of thiophene rings is 1. The number of amides is 4. The second kappa shape index (κ2) is 19.4. The molecule has 73 heavy (non-hydrogen) atoms. The summed E-state index contributed by atoms with van der Waals surface area (Å²) in [5, 5.41) is 6.48. The Morgan fingerprint density at radius 2 is 1.52 bits per heavy atom. The van der Waals surface area contributed by atoms with Gasteiger partial charge in [-0.2, -0.15) is 0 Å². The monoisotopic (exact) mass is 1020 g/mol. The Bertz CT molecular complexity index is 3020. The van der Waals surface area contributed by atoms with E-state index in [1.165, 1.54) is 31.9 Å². The van der Waals surface area contributed by atoms with Crippen molar-refractivity contribution < 1.29 is 42.5 Å². The lowest BCUT2D eigenvalue weighted by Crippen LogP contribution is -2.54. The Balaban J connectivity index is 0.887. The molecule has 1 aromatic carbocycles. The minimum absolute atomic E-state index is 0.0854. The minimum Gasteiger partial charge on any atom is -0.465 e. The summed E-state index contributed by atoms with van der Waals surface area (Å²) >= 11 is 1.75. The van der Waals surface area contributed by atoms with E-state index in [1.807, 2.05) is 44.7 Å². The highest BCUT2D eigenvalue weighted by atomic mass is 32.1. The van der Waals surface area contributed by atoms with Gasteiger partial charge in [0.2, 0.25) is 18.0 Å². The molecular formula is C54H64FN9O8S. The first-order valence-corrected chi connectivity index (χ1v) is 26.5. The number of halogens is 1. The number of rotatable bonds is 12. The average Bonchev–Trinajstić information content (AvgIpc) is 4.10. The largest absolute Gasteiger partial charge is 0.465 e. The smallest absolute Gasteiger partial charge is 0.407 e. The van der Waals surface area contributed by atoms with E-state index in [0.717, 1.165) is 52.0 Å². The van der Waals surface area contributed by atoms with Crippen LogP contribution in [-0.4, -0.2) is 116 Å². The molecule has 4 fully saturated rings. The Hall–Kier alpha value is -6.47. The molecule has 4 aliphatic heterocycles. The Labute approximate surface area is 427 Å². The van der Waals surface area contributed by atoms with E-state index in [2.05, 4.69) is 55.5 Å². The standard InChI is InChI=1S/C54H64FN9O8S/c1-28(2)45(60-52(67)69-5)49(65)62-18-7-9-38(62)48-57-27-36(59-48)32-22-34(55)44-40-23-33-21-30(13-14-37(33)64(40)51(72-41(44)24-32)43-16-15-42(73-43)29-11-12-29)35-26-56-47(58-35)39-10-8-19-63(39)50(66)46(61-53(68)70-6)31-17-20-71-54(3,4)25-31/h13-16,21,23-24,26-29,31,34,38-39,45-46,51H,7-12,17-20,22,25H2,1-6H3,(H,56,58)(H,57,59)(H,60,67)(H,61,68). The number of likely N-dealkylation sites (tertiary alicyclic amines) is 2. The molecule has 386 valence electrons. The van der Waals surface area contributed by atoms with Gasteiger partial charge in [0.15, 0.2) is 0 Å². The van der Waals surface area contributed by atoms with E-state index < -0.39 is 42.3 Å². The third-order valence-electron chi connectivity index (χ3n) is 15.6. The van der Waals surface area contributed by atoms with Crippen LogP contribution in [0.1, 0.15) is 143 Å². The fourth-order valence-electron chi connectivity index (χ4n) is 11.8. The number of methoxy groups -OCH3 is 2. The van der Waals surface area contributed by atoms with E-state index in [0.29, 0.717) is 79.1 Å². The maximum Gasteiger partial charge on any atom is 0.407 e. The Kier molecular flexibility index (Phi) is 13.0. The van der Waals surface area contributed by atoms with E-state index >= 15 is 4.39 Å². The maximum atomic E-state index is 17.1. The number of alkyl halides is 1. The first-order chi connectivity index (χ1) is 35.2. The van der Waals surface area contributed by atoms with Gasteiger partial charge in [-0.3, -0.25) is 14.2 Å². The number of carbonyl (C=O) groups excluding carboxylic acids is 4. The number of allylic oxidation sites excluding steroid dienone is 3. The quantitative estimate of drug-likeness (QED) is 0.0934. The summed E-state index contributed by atoms with van der Waals surface area (Å²) in [7, 11) is 2.58. The molecule has 4 N–H and O–H groups in total. The number of benzene rings is 1. The molecule has 0 radical (unpaired) electrons. The van der Waals surface area contributed by atoms with Crippen molar-refractivity contribution in [3.63, 3.8) is 0 Å². The molecule has 4 amide bonds. The zero-order valence-corrected chi connectivity index (χ0v) is 43.0. The van der Waals surface area contributed by atoms with Crippen molar-refractivity contribution in [3.8, 4) is 11.3 Å².